The molecule has 1 aliphatic carbocycles. The van der Waals surface area contributed by atoms with Gasteiger partial charge in [-0.2, -0.15) is 0 Å². The second kappa shape index (κ2) is 6.26. The van der Waals surface area contributed by atoms with Gasteiger partial charge < -0.3 is 4.74 Å². The summed E-state index contributed by atoms with van der Waals surface area (Å²) in [5.41, 5.74) is 1.03. The summed E-state index contributed by atoms with van der Waals surface area (Å²) in [6, 6.07) is 9.76. The summed E-state index contributed by atoms with van der Waals surface area (Å²) in [6.07, 6.45) is 9.01. The molecule has 0 N–H and O–H groups in total. The van der Waals surface area contributed by atoms with E-state index >= 15 is 0 Å². The van der Waals surface area contributed by atoms with Crippen LogP contribution >= 0.6 is 0 Å². The first-order valence-electron chi connectivity index (χ1n) is 6.46. The Balaban J connectivity index is 1.78. The van der Waals surface area contributed by atoms with E-state index in [2.05, 4.69) is 5.92 Å². The van der Waals surface area contributed by atoms with E-state index in [4.69, 9.17) is 11.2 Å². The number of benzene rings is 1. The summed E-state index contributed by atoms with van der Waals surface area (Å²) < 4.78 is 5.35. The van der Waals surface area contributed by atoms with Crippen LogP contribution in [0, 0.1) is 24.2 Å². The predicted octanol–water partition coefficient (Wildman–Crippen LogP) is 3.17. The molecule has 0 aliphatic heterocycles. The van der Waals surface area contributed by atoms with E-state index in [1.807, 2.05) is 30.3 Å². The lowest BCUT2D eigenvalue weighted by Gasteiger charge is -2.24. The highest BCUT2D eigenvalue weighted by molar-refractivity contribution is 5.72. The highest BCUT2D eigenvalue weighted by Crippen LogP contribution is 2.29. The summed E-state index contributed by atoms with van der Waals surface area (Å²) in [5.74, 6) is 3.08. The molecule has 0 spiro atoms. The Kier molecular flexibility index (Phi) is 4.41. The van der Waals surface area contributed by atoms with Crippen molar-refractivity contribution >= 4 is 5.97 Å². The highest BCUT2D eigenvalue weighted by Gasteiger charge is 2.26. The lowest BCUT2D eigenvalue weighted by atomic mass is 9.82. The summed E-state index contributed by atoms with van der Waals surface area (Å²) >= 11 is 0. The van der Waals surface area contributed by atoms with Gasteiger partial charge in [0.1, 0.15) is 6.61 Å². The van der Waals surface area contributed by atoms with Gasteiger partial charge in [0.05, 0.1) is 5.92 Å². The third-order valence-corrected chi connectivity index (χ3v) is 3.52. The van der Waals surface area contributed by atoms with Crippen LogP contribution in [0.15, 0.2) is 30.3 Å². The Morgan fingerprint density at radius 2 is 1.89 bits per heavy atom. The second-order valence-electron chi connectivity index (χ2n) is 4.81. The van der Waals surface area contributed by atoms with Crippen LogP contribution in [0.3, 0.4) is 0 Å². The molecule has 0 saturated heterocycles. The average Bonchev–Trinajstić information content (AvgIpc) is 2.46. The minimum absolute atomic E-state index is 0.0401. The van der Waals surface area contributed by atoms with Gasteiger partial charge in [0.2, 0.25) is 0 Å². The zero-order valence-corrected chi connectivity index (χ0v) is 10.5. The molecule has 0 amide bonds. The van der Waals surface area contributed by atoms with Crippen LogP contribution in [0.5, 0.6) is 0 Å². The van der Waals surface area contributed by atoms with E-state index in [0.29, 0.717) is 12.5 Å². The summed E-state index contributed by atoms with van der Waals surface area (Å²) in [4.78, 5) is 11.9. The van der Waals surface area contributed by atoms with Crippen LogP contribution in [0.1, 0.15) is 31.2 Å². The highest BCUT2D eigenvalue weighted by atomic mass is 16.5. The molecule has 0 bridgehead atoms. The maximum absolute atomic E-state index is 11.9. The number of carbonyl (C=O) groups is 1. The second-order valence-corrected chi connectivity index (χ2v) is 4.81. The fourth-order valence-corrected chi connectivity index (χ4v) is 2.34. The van der Waals surface area contributed by atoms with Gasteiger partial charge in [-0.05, 0) is 31.2 Å². The van der Waals surface area contributed by atoms with Crippen LogP contribution in [0.2, 0.25) is 0 Å². The van der Waals surface area contributed by atoms with E-state index < -0.39 is 0 Å². The van der Waals surface area contributed by atoms with Crippen molar-refractivity contribution in [3.05, 3.63) is 35.9 Å². The van der Waals surface area contributed by atoms with Gasteiger partial charge >= 0.3 is 5.97 Å². The monoisotopic (exact) mass is 242 g/mol. The Morgan fingerprint density at radius 1 is 1.22 bits per heavy atom. The number of esters is 1. The van der Waals surface area contributed by atoms with E-state index in [9.17, 15) is 4.79 Å². The van der Waals surface area contributed by atoms with Crippen LogP contribution in [-0.2, 0) is 16.1 Å². The minimum atomic E-state index is -0.0747. The summed E-state index contributed by atoms with van der Waals surface area (Å²) in [7, 11) is 0. The molecule has 0 radical (unpaired) electrons. The molecule has 0 atom stereocenters. The molecule has 2 heteroatoms. The van der Waals surface area contributed by atoms with Crippen molar-refractivity contribution < 1.29 is 9.53 Å². The number of hydrogen-bond acceptors (Lipinski definition) is 2. The zero-order valence-electron chi connectivity index (χ0n) is 10.5. The molecule has 94 valence electrons. The van der Waals surface area contributed by atoms with E-state index in [1.165, 1.54) is 0 Å². The van der Waals surface area contributed by atoms with E-state index in [1.54, 1.807) is 0 Å². The van der Waals surface area contributed by atoms with Gasteiger partial charge in [-0.3, -0.25) is 4.79 Å². The standard InChI is InChI=1S/C16H18O2/c1-2-13-8-10-15(11-9-13)16(17)18-12-14-6-4-3-5-7-14/h1,3-7,13,15H,8-12H2. The van der Waals surface area contributed by atoms with E-state index in [0.717, 1.165) is 31.2 Å². The lowest BCUT2D eigenvalue weighted by molar-refractivity contribution is -0.151. The van der Waals surface area contributed by atoms with Crippen LogP contribution in [-0.4, -0.2) is 5.97 Å². The molecule has 1 saturated carbocycles. The molecule has 2 nitrogen and oxygen atoms in total. The Labute approximate surface area is 108 Å². The number of ether oxygens (including phenoxy) is 1. The fraction of sp³-hybridized carbons (Fsp3) is 0.438. The van der Waals surface area contributed by atoms with Gasteiger partial charge in [-0.25, -0.2) is 0 Å². The SMILES string of the molecule is C#CC1CCC(C(=O)OCc2ccccc2)CC1. The smallest absolute Gasteiger partial charge is 0.309 e. The van der Waals surface area contributed by atoms with Crippen molar-refractivity contribution in [1.82, 2.24) is 0 Å². The maximum Gasteiger partial charge on any atom is 0.309 e. The number of rotatable bonds is 3. The van der Waals surface area contributed by atoms with Gasteiger partial charge in [0.15, 0.2) is 0 Å². The molecule has 0 heterocycles. The summed E-state index contributed by atoms with van der Waals surface area (Å²) in [6.45, 7) is 0.370. The van der Waals surface area contributed by atoms with E-state index in [-0.39, 0.29) is 11.9 Å². The number of terminal acetylenes is 1. The number of hydrogen-bond donors (Lipinski definition) is 0. The molecular weight excluding hydrogens is 224 g/mol. The first kappa shape index (κ1) is 12.7. The minimum Gasteiger partial charge on any atom is -0.461 e. The molecule has 1 aromatic rings. The van der Waals surface area contributed by atoms with Gasteiger partial charge in [0.25, 0.3) is 0 Å². The van der Waals surface area contributed by atoms with Gasteiger partial charge in [-0.15, -0.1) is 12.3 Å². The predicted molar refractivity (Wildman–Crippen MR) is 70.5 cm³/mol. The van der Waals surface area contributed by atoms with Crippen molar-refractivity contribution in [3.63, 3.8) is 0 Å². The topological polar surface area (TPSA) is 26.3 Å². The van der Waals surface area contributed by atoms with Crippen molar-refractivity contribution in [2.24, 2.45) is 11.8 Å². The maximum atomic E-state index is 11.9. The molecular formula is C16H18O2. The fourth-order valence-electron chi connectivity index (χ4n) is 2.34. The molecule has 1 aromatic carbocycles. The van der Waals surface area contributed by atoms with Crippen molar-refractivity contribution in [2.45, 2.75) is 32.3 Å². The largest absolute Gasteiger partial charge is 0.461 e. The first-order valence-corrected chi connectivity index (χ1v) is 6.46. The molecule has 18 heavy (non-hydrogen) atoms. The molecule has 1 aliphatic rings. The third kappa shape index (κ3) is 3.37. The molecule has 2 rings (SSSR count). The first-order chi connectivity index (χ1) is 8.79. The Hall–Kier alpha value is -1.75. The van der Waals surface area contributed by atoms with Gasteiger partial charge in [-0.1, -0.05) is 30.3 Å². The molecule has 0 unspecified atom stereocenters. The van der Waals surface area contributed by atoms with Crippen molar-refractivity contribution in [1.29, 1.82) is 0 Å². The zero-order chi connectivity index (χ0) is 12.8. The average molecular weight is 242 g/mol. The summed E-state index contributed by atoms with van der Waals surface area (Å²) in [5, 5.41) is 0. The molecule has 1 fully saturated rings. The number of carbonyl (C=O) groups excluding carboxylic acids is 1. The van der Waals surface area contributed by atoms with Crippen molar-refractivity contribution in [3.8, 4) is 12.3 Å². The Morgan fingerprint density at radius 3 is 2.50 bits per heavy atom. The quantitative estimate of drug-likeness (QED) is 0.601. The lowest BCUT2D eigenvalue weighted by Crippen LogP contribution is -2.23. The normalized spacial score (nSPS) is 23.1. The van der Waals surface area contributed by atoms with Crippen LogP contribution in [0.25, 0.3) is 0 Å². The third-order valence-electron chi connectivity index (χ3n) is 3.52. The van der Waals surface area contributed by atoms with Crippen LogP contribution < -0.4 is 0 Å². The Bertz CT molecular complexity index is 422. The molecule has 0 aromatic heterocycles. The van der Waals surface area contributed by atoms with Gasteiger partial charge in [0, 0.05) is 5.92 Å². The van der Waals surface area contributed by atoms with Crippen molar-refractivity contribution in [2.75, 3.05) is 0 Å². The van der Waals surface area contributed by atoms with Crippen LogP contribution in [0.4, 0.5) is 0 Å².